The predicted molar refractivity (Wildman–Crippen MR) is 101 cm³/mol. The summed E-state index contributed by atoms with van der Waals surface area (Å²) in [6.45, 7) is 4.70. The van der Waals surface area contributed by atoms with Crippen molar-refractivity contribution in [1.82, 2.24) is 9.88 Å². The second-order valence-corrected chi connectivity index (χ2v) is 6.46. The van der Waals surface area contributed by atoms with Crippen molar-refractivity contribution in [2.75, 3.05) is 31.1 Å². The molecule has 0 atom stereocenters. The van der Waals surface area contributed by atoms with Crippen LogP contribution in [0.5, 0.6) is 0 Å². The van der Waals surface area contributed by atoms with E-state index < -0.39 is 0 Å². The minimum absolute atomic E-state index is 0.676. The van der Waals surface area contributed by atoms with Gasteiger partial charge < -0.3 is 4.90 Å². The van der Waals surface area contributed by atoms with Crippen molar-refractivity contribution in [3.63, 3.8) is 0 Å². The highest BCUT2D eigenvalue weighted by Crippen LogP contribution is 2.23. The summed E-state index contributed by atoms with van der Waals surface area (Å²) < 4.78 is 0. The Bertz CT molecular complexity index is 871. The van der Waals surface area contributed by atoms with Gasteiger partial charge in [0.25, 0.3) is 0 Å². The average Bonchev–Trinajstić information content (AvgIpc) is 2.68. The Hall–Kier alpha value is -2.72. The highest BCUT2D eigenvalue weighted by Gasteiger charge is 2.20. The van der Waals surface area contributed by atoms with Crippen LogP contribution >= 0.6 is 0 Å². The van der Waals surface area contributed by atoms with Gasteiger partial charge in [-0.2, -0.15) is 0 Å². The standard InChI is InChI=1S/C21H21N3O/c25-16-19-14-18-8-4-5-9-20(18)22-21(19)24-12-10-23(11-13-24)15-17-6-2-1-3-7-17/h1-9,14,16H,10-13,15H2. The number of carbonyl (C=O) groups is 1. The van der Waals surface area contributed by atoms with Gasteiger partial charge in [0.1, 0.15) is 5.82 Å². The Morgan fingerprint density at radius 1 is 0.920 bits per heavy atom. The molecule has 2 heterocycles. The fourth-order valence-electron chi connectivity index (χ4n) is 3.42. The van der Waals surface area contributed by atoms with E-state index in [1.165, 1.54) is 5.56 Å². The molecule has 0 bridgehead atoms. The highest BCUT2D eigenvalue weighted by molar-refractivity contribution is 5.91. The maximum Gasteiger partial charge on any atom is 0.153 e. The first kappa shape index (κ1) is 15.8. The lowest BCUT2D eigenvalue weighted by Crippen LogP contribution is -2.46. The third kappa shape index (κ3) is 3.39. The first-order chi connectivity index (χ1) is 12.3. The lowest BCUT2D eigenvalue weighted by atomic mass is 10.1. The van der Waals surface area contributed by atoms with Gasteiger partial charge in [-0.05, 0) is 17.7 Å². The predicted octanol–water partition coefficient (Wildman–Crippen LogP) is 3.37. The molecule has 1 fully saturated rings. The first-order valence-electron chi connectivity index (χ1n) is 8.70. The highest BCUT2D eigenvalue weighted by atomic mass is 16.1. The van der Waals surface area contributed by atoms with Gasteiger partial charge in [0.05, 0.1) is 11.1 Å². The molecule has 4 heteroatoms. The van der Waals surface area contributed by atoms with Gasteiger partial charge >= 0.3 is 0 Å². The summed E-state index contributed by atoms with van der Waals surface area (Å²) in [6.07, 6.45) is 0.922. The molecule has 2 aromatic carbocycles. The van der Waals surface area contributed by atoms with Gasteiger partial charge in [-0.3, -0.25) is 9.69 Å². The summed E-state index contributed by atoms with van der Waals surface area (Å²) in [7, 11) is 0. The van der Waals surface area contributed by atoms with Gasteiger partial charge in [0, 0.05) is 38.1 Å². The Balaban J connectivity index is 1.50. The number of fused-ring (bicyclic) bond motifs is 1. The molecule has 1 aromatic heterocycles. The number of benzene rings is 2. The number of nitrogens with zero attached hydrogens (tertiary/aromatic N) is 3. The number of rotatable bonds is 4. The Labute approximate surface area is 147 Å². The fourth-order valence-corrected chi connectivity index (χ4v) is 3.42. The van der Waals surface area contributed by atoms with E-state index in [-0.39, 0.29) is 0 Å². The number of para-hydroxylation sites is 1. The molecule has 0 radical (unpaired) electrons. The molecule has 1 aliphatic heterocycles. The zero-order valence-corrected chi connectivity index (χ0v) is 14.1. The van der Waals surface area contributed by atoms with E-state index in [1.807, 2.05) is 36.4 Å². The number of anilines is 1. The molecular formula is C21H21N3O. The van der Waals surface area contributed by atoms with Gasteiger partial charge in [-0.15, -0.1) is 0 Å². The number of hydrogen-bond acceptors (Lipinski definition) is 4. The van der Waals surface area contributed by atoms with Crippen LogP contribution in [0.1, 0.15) is 15.9 Å². The largest absolute Gasteiger partial charge is 0.353 e. The number of aromatic nitrogens is 1. The van der Waals surface area contributed by atoms with E-state index in [4.69, 9.17) is 4.98 Å². The minimum atomic E-state index is 0.676. The van der Waals surface area contributed by atoms with Crippen LogP contribution in [0.4, 0.5) is 5.82 Å². The summed E-state index contributed by atoms with van der Waals surface area (Å²) >= 11 is 0. The number of carbonyl (C=O) groups excluding carboxylic acids is 1. The second-order valence-electron chi connectivity index (χ2n) is 6.46. The molecule has 1 saturated heterocycles. The molecule has 0 saturated carbocycles. The van der Waals surface area contributed by atoms with E-state index in [0.717, 1.165) is 55.7 Å². The Kier molecular flexibility index (Phi) is 4.44. The van der Waals surface area contributed by atoms with Crippen molar-refractivity contribution in [3.05, 3.63) is 71.8 Å². The first-order valence-corrected chi connectivity index (χ1v) is 8.70. The number of pyridine rings is 1. The molecule has 0 aliphatic carbocycles. The summed E-state index contributed by atoms with van der Waals surface area (Å²) in [5, 5.41) is 1.01. The van der Waals surface area contributed by atoms with Crippen LogP contribution in [0.3, 0.4) is 0 Å². The SMILES string of the molecule is O=Cc1cc2ccccc2nc1N1CCN(Cc2ccccc2)CC1. The average molecular weight is 331 g/mol. The van der Waals surface area contributed by atoms with Gasteiger partial charge in [-0.25, -0.2) is 4.98 Å². The van der Waals surface area contributed by atoms with Crippen LogP contribution in [-0.4, -0.2) is 42.3 Å². The van der Waals surface area contributed by atoms with Crippen LogP contribution in [0.15, 0.2) is 60.7 Å². The summed E-state index contributed by atoms with van der Waals surface area (Å²) in [5.41, 5.74) is 2.96. The zero-order chi connectivity index (χ0) is 17.1. The van der Waals surface area contributed by atoms with E-state index in [9.17, 15) is 4.79 Å². The van der Waals surface area contributed by atoms with Crippen LogP contribution in [0, 0.1) is 0 Å². The maximum atomic E-state index is 11.5. The summed E-state index contributed by atoms with van der Waals surface area (Å²) in [6, 6.07) is 20.5. The van der Waals surface area contributed by atoms with E-state index in [1.54, 1.807) is 0 Å². The molecule has 4 rings (SSSR count). The smallest absolute Gasteiger partial charge is 0.153 e. The van der Waals surface area contributed by atoms with Crippen LogP contribution in [0.2, 0.25) is 0 Å². The normalized spacial score (nSPS) is 15.4. The van der Waals surface area contributed by atoms with Crippen LogP contribution < -0.4 is 4.90 Å². The fraction of sp³-hybridized carbons (Fsp3) is 0.238. The van der Waals surface area contributed by atoms with Crippen LogP contribution in [0.25, 0.3) is 10.9 Å². The van der Waals surface area contributed by atoms with Crippen molar-refractivity contribution in [3.8, 4) is 0 Å². The molecule has 1 aliphatic rings. The van der Waals surface area contributed by atoms with Gasteiger partial charge in [-0.1, -0.05) is 48.5 Å². The van der Waals surface area contributed by atoms with E-state index >= 15 is 0 Å². The molecule has 126 valence electrons. The molecule has 0 N–H and O–H groups in total. The third-order valence-corrected chi connectivity index (χ3v) is 4.78. The Morgan fingerprint density at radius 3 is 2.40 bits per heavy atom. The summed E-state index contributed by atoms with van der Waals surface area (Å²) in [4.78, 5) is 21.0. The van der Waals surface area contributed by atoms with E-state index in [2.05, 4.69) is 34.1 Å². The van der Waals surface area contributed by atoms with Crippen molar-refractivity contribution < 1.29 is 4.79 Å². The van der Waals surface area contributed by atoms with Gasteiger partial charge in [0.15, 0.2) is 6.29 Å². The monoisotopic (exact) mass is 331 g/mol. The Morgan fingerprint density at radius 2 is 1.64 bits per heavy atom. The lowest BCUT2D eigenvalue weighted by Gasteiger charge is -2.36. The molecular weight excluding hydrogens is 310 g/mol. The topological polar surface area (TPSA) is 36.4 Å². The molecule has 3 aromatic rings. The quantitative estimate of drug-likeness (QED) is 0.687. The van der Waals surface area contributed by atoms with Crippen molar-refractivity contribution >= 4 is 23.0 Å². The maximum absolute atomic E-state index is 11.5. The molecule has 0 amide bonds. The molecule has 4 nitrogen and oxygen atoms in total. The minimum Gasteiger partial charge on any atom is -0.353 e. The van der Waals surface area contributed by atoms with Crippen LogP contribution in [-0.2, 0) is 6.54 Å². The number of hydrogen-bond donors (Lipinski definition) is 0. The lowest BCUT2D eigenvalue weighted by molar-refractivity contribution is 0.112. The van der Waals surface area contributed by atoms with E-state index in [0.29, 0.717) is 5.56 Å². The van der Waals surface area contributed by atoms with Crippen molar-refractivity contribution in [2.45, 2.75) is 6.54 Å². The molecule has 0 spiro atoms. The number of aldehydes is 1. The third-order valence-electron chi connectivity index (χ3n) is 4.78. The number of piperazine rings is 1. The molecule has 0 unspecified atom stereocenters. The summed E-state index contributed by atoms with van der Waals surface area (Å²) in [5.74, 6) is 0.813. The molecule has 25 heavy (non-hydrogen) atoms. The second kappa shape index (κ2) is 7.03. The van der Waals surface area contributed by atoms with Gasteiger partial charge in [0.2, 0.25) is 0 Å². The zero-order valence-electron chi connectivity index (χ0n) is 14.1. The van der Waals surface area contributed by atoms with Crippen molar-refractivity contribution in [1.29, 1.82) is 0 Å². The van der Waals surface area contributed by atoms with Crippen molar-refractivity contribution in [2.24, 2.45) is 0 Å².